The van der Waals surface area contributed by atoms with Crippen molar-refractivity contribution < 1.29 is 14.3 Å². The van der Waals surface area contributed by atoms with Crippen molar-refractivity contribution in [3.05, 3.63) is 54.2 Å². The minimum Gasteiger partial charge on any atom is -0.475 e. The second-order valence-corrected chi connectivity index (χ2v) is 7.21. The largest absolute Gasteiger partial charge is 0.475 e. The summed E-state index contributed by atoms with van der Waals surface area (Å²) in [5.74, 6) is 0.504. The van der Waals surface area contributed by atoms with E-state index in [0.717, 1.165) is 39.3 Å². The first kappa shape index (κ1) is 22.0. The average molecular weight is 414 g/mol. The van der Waals surface area contributed by atoms with E-state index < -0.39 is 0 Å². The molecular weight excluding hydrogens is 382 g/mol. The number of nitrogens with zero attached hydrogens (tertiary/aromatic N) is 3. The minimum atomic E-state index is -0.229. The fourth-order valence-electron chi connectivity index (χ4n) is 3.28. The second-order valence-electron chi connectivity index (χ2n) is 7.21. The molecule has 8 nitrogen and oxygen atoms in total. The number of carbonyl (C=O) groups is 1. The fourth-order valence-corrected chi connectivity index (χ4v) is 3.28. The van der Waals surface area contributed by atoms with Gasteiger partial charge in [0.15, 0.2) is 0 Å². The van der Waals surface area contributed by atoms with Gasteiger partial charge in [-0.3, -0.25) is 9.80 Å². The highest BCUT2D eigenvalue weighted by Crippen LogP contribution is 2.11. The Morgan fingerprint density at radius 2 is 1.80 bits per heavy atom. The fraction of sp³-hybridized carbons (Fsp3) is 0.455. The zero-order valence-electron chi connectivity index (χ0n) is 17.5. The number of hydrogen-bond donors (Lipinski definition) is 2. The third-order valence-corrected chi connectivity index (χ3v) is 4.96. The van der Waals surface area contributed by atoms with Gasteiger partial charge in [-0.2, -0.15) is 0 Å². The molecule has 0 unspecified atom stereocenters. The van der Waals surface area contributed by atoms with E-state index >= 15 is 0 Å². The predicted octanol–water partition coefficient (Wildman–Crippen LogP) is 2.05. The smallest absolute Gasteiger partial charge is 0.319 e. The second kappa shape index (κ2) is 12.1. The lowest BCUT2D eigenvalue weighted by atomic mass is 10.2. The van der Waals surface area contributed by atoms with E-state index in [1.165, 1.54) is 5.56 Å². The van der Waals surface area contributed by atoms with Crippen LogP contribution in [0.1, 0.15) is 5.56 Å². The molecule has 0 radical (unpaired) electrons. The summed E-state index contributed by atoms with van der Waals surface area (Å²) in [6, 6.07) is 13.8. The van der Waals surface area contributed by atoms with Crippen LogP contribution < -0.4 is 15.4 Å². The van der Waals surface area contributed by atoms with E-state index in [1.54, 1.807) is 25.4 Å². The van der Waals surface area contributed by atoms with Crippen LogP contribution in [-0.2, 0) is 11.3 Å². The Balaban J connectivity index is 1.28. The van der Waals surface area contributed by atoms with E-state index in [4.69, 9.17) is 9.47 Å². The normalized spacial score (nSPS) is 15.0. The van der Waals surface area contributed by atoms with Gasteiger partial charge in [-0.25, -0.2) is 9.78 Å². The Morgan fingerprint density at radius 1 is 1.03 bits per heavy atom. The van der Waals surface area contributed by atoms with Gasteiger partial charge in [0, 0.05) is 59.0 Å². The molecule has 2 N–H and O–H groups in total. The number of benzene rings is 1. The monoisotopic (exact) mass is 413 g/mol. The Kier molecular flexibility index (Phi) is 8.89. The zero-order chi connectivity index (χ0) is 21.0. The van der Waals surface area contributed by atoms with Gasteiger partial charge in [0.05, 0.1) is 18.5 Å². The molecule has 1 aromatic carbocycles. The van der Waals surface area contributed by atoms with Gasteiger partial charge in [-0.05, 0) is 11.6 Å². The summed E-state index contributed by atoms with van der Waals surface area (Å²) in [6.45, 7) is 7.53. The van der Waals surface area contributed by atoms with E-state index in [9.17, 15) is 4.79 Å². The van der Waals surface area contributed by atoms with E-state index in [2.05, 4.69) is 55.7 Å². The lowest BCUT2D eigenvalue weighted by Crippen LogP contribution is -2.48. The molecule has 0 saturated carbocycles. The molecule has 1 aromatic heterocycles. The molecule has 2 aromatic rings. The summed E-state index contributed by atoms with van der Waals surface area (Å²) in [5, 5.41) is 5.69. The van der Waals surface area contributed by atoms with Crippen molar-refractivity contribution in [1.29, 1.82) is 0 Å². The quantitative estimate of drug-likeness (QED) is 0.581. The van der Waals surface area contributed by atoms with Crippen LogP contribution in [-0.4, -0.2) is 80.4 Å². The first-order chi connectivity index (χ1) is 14.7. The summed E-state index contributed by atoms with van der Waals surface area (Å²) in [5.41, 5.74) is 1.98. The molecule has 1 fully saturated rings. The number of hydrogen-bond acceptors (Lipinski definition) is 6. The van der Waals surface area contributed by atoms with Crippen LogP contribution in [0.15, 0.2) is 48.7 Å². The van der Waals surface area contributed by atoms with E-state index in [1.807, 2.05) is 0 Å². The third-order valence-electron chi connectivity index (χ3n) is 4.96. The highest BCUT2D eigenvalue weighted by atomic mass is 16.5. The topological polar surface area (TPSA) is 79.0 Å². The number of rotatable bonds is 10. The van der Waals surface area contributed by atoms with Crippen LogP contribution in [0.5, 0.6) is 5.88 Å². The van der Waals surface area contributed by atoms with Crippen LogP contribution in [0, 0.1) is 0 Å². The Labute approximate surface area is 178 Å². The van der Waals surface area contributed by atoms with Gasteiger partial charge in [0.1, 0.15) is 6.61 Å². The molecule has 0 bridgehead atoms. The van der Waals surface area contributed by atoms with Gasteiger partial charge < -0.3 is 20.1 Å². The van der Waals surface area contributed by atoms with Gasteiger partial charge >= 0.3 is 6.03 Å². The molecule has 0 spiro atoms. The Bertz CT molecular complexity index is 749. The van der Waals surface area contributed by atoms with Crippen LogP contribution in [0.2, 0.25) is 0 Å². The van der Waals surface area contributed by atoms with Crippen molar-refractivity contribution in [2.24, 2.45) is 0 Å². The molecule has 1 saturated heterocycles. The number of ether oxygens (including phenoxy) is 2. The summed E-state index contributed by atoms with van der Waals surface area (Å²) in [4.78, 5) is 21.1. The molecule has 2 heterocycles. The van der Waals surface area contributed by atoms with E-state index in [-0.39, 0.29) is 6.03 Å². The van der Waals surface area contributed by atoms with Crippen molar-refractivity contribution in [3.63, 3.8) is 0 Å². The molecule has 1 aliphatic heterocycles. The van der Waals surface area contributed by atoms with Crippen LogP contribution in [0.4, 0.5) is 10.5 Å². The molecule has 1 aliphatic rings. The van der Waals surface area contributed by atoms with Crippen molar-refractivity contribution in [3.8, 4) is 5.88 Å². The number of aromatic nitrogens is 1. The summed E-state index contributed by atoms with van der Waals surface area (Å²) >= 11 is 0. The summed E-state index contributed by atoms with van der Waals surface area (Å²) in [7, 11) is 1.62. The van der Waals surface area contributed by atoms with Gasteiger partial charge in [-0.1, -0.05) is 30.3 Å². The van der Waals surface area contributed by atoms with Crippen molar-refractivity contribution in [1.82, 2.24) is 20.1 Å². The first-order valence-electron chi connectivity index (χ1n) is 10.3. The third kappa shape index (κ3) is 7.62. The lowest BCUT2D eigenvalue weighted by Gasteiger charge is -2.34. The number of piperazine rings is 1. The highest BCUT2D eigenvalue weighted by molar-refractivity contribution is 5.88. The van der Waals surface area contributed by atoms with Crippen molar-refractivity contribution in [2.75, 3.05) is 64.9 Å². The number of anilines is 1. The van der Waals surface area contributed by atoms with Gasteiger partial charge in [0.2, 0.25) is 5.88 Å². The number of amides is 2. The van der Waals surface area contributed by atoms with Crippen molar-refractivity contribution in [2.45, 2.75) is 6.54 Å². The Hall–Kier alpha value is -2.68. The first-order valence-corrected chi connectivity index (χ1v) is 10.3. The predicted molar refractivity (Wildman–Crippen MR) is 117 cm³/mol. The zero-order valence-corrected chi connectivity index (χ0v) is 17.5. The van der Waals surface area contributed by atoms with Crippen molar-refractivity contribution >= 4 is 11.7 Å². The maximum Gasteiger partial charge on any atom is 0.319 e. The molecule has 8 heteroatoms. The summed E-state index contributed by atoms with van der Waals surface area (Å²) < 4.78 is 10.3. The Morgan fingerprint density at radius 3 is 2.50 bits per heavy atom. The van der Waals surface area contributed by atoms with Crippen LogP contribution >= 0.6 is 0 Å². The minimum absolute atomic E-state index is 0.229. The average Bonchev–Trinajstić information content (AvgIpc) is 2.77. The number of carbonyl (C=O) groups excluding carboxylic acids is 1. The maximum atomic E-state index is 12.1. The van der Waals surface area contributed by atoms with Crippen LogP contribution in [0.25, 0.3) is 0 Å². The lowest BCUT2D eigenvalue weighted by molar-refractivity contribution is 0.128. The number of nitrogens with one attached hydrogen (secondary N) is 2. The molecular formula is C22H31N5O3. The molecule has 162 valence electrons. The maximum absolute atomic E-state index is 12.1. The number of urea groups is 1. The van der Waals surface area contributed by atoms with Gasteiger partial charge in [0.25, 0.3) is 0 Å². The number of methoxy groups -OCH3 is 1. The van der Waals surface area contributed by atoms with Crippen LogP contribution in [0.3, 0.4) is 0 Å². The molecule has 0 atom stereocenters. The molecule has 3 rings (SSSR count). The standard InChI is InChI=1S/C22H31N5O3/c1-29-15-16-30-21-8-7-20(17-24-21)25-22(28)23-9-10-26-11-13-27(14-12-26)18-19-5-3-2-4-6-19/h2-8,17H,9-16,18H2,1H3,(H2,23,25,28). The molecule has 30 heavy (non-hydrogen) atoms. The molecule has 0 aliphatic carbocycles. The molecule has 2 amide bonds. The van der Waals surface area contributed by atoms with E-state index in [0.29, 0.717) is 31.3 Å². The summed E-state index contributed by atoms with van der Waals surface area (Å²) in [6.07, 6.45) is 1.58. The SMILES string of the molecule is COCCOc1ccc(NC(=O)NCCN2CCN(Cc3ccccc3)CC2)cn1. The number of pyridine rings is 1. The van der Waals surface area contributed by atoms with Gasteiger partial charge in [-0.15, -0.1) is 0 Å². The highest BCUT2D eigenvalue weighted by Gasteiger charge is 2.16.